The Labute approximate surface area is 79.6 Å². The van der Waals surface area contributed by atoms with Crippen molar-refractivity contribution >= 4 is 5.91 Å². The van der Waals surface area contributed by atoms with Gasteiger partial charge in [0.15, 0.2) is 0 Å². The van der Waals surface area contributed by atoms with E-state index in [0.717, 1.165) is 12.8 Å². The molecular formula is C10H18N2O. The maximum absolute atomic E-state index is 11.2. The number of rotatable bonds is 4. The summed E-state index contributed by atoms with van der Waals surface area (Å²) in [6.45, 7) is 4.37. The van der Waals surface area contributed by atoms with Crippen LogP contribution in [0.2, 0.25) is 0 Å². The summed E-state index contributed by atoms with van der Waals surface area (Å²) in [6.07, 6.45) is 6.40. The van der Waals surface area contributed by atoms with Gasteiger partial charge in [0.1, 0.15) is 0 Å². The van der Waals surface area contributed by atoms with Gasteiger partial charge < -0.3 is 10.6 Å². The average Bonchev–Trinajstić information content (AvgIpc) is 2.51. The van der Waals surface area contributed by atoms with E-state index in [-0.39, 0.29) is 11.9 Å². The molecule has 0 radical (unpaired) electrons. The van der Waals surface area contributed by atoms with Gasteiger partial charge >= 0.3 is 0 Å². The third kappa shape index (κ3) is 4.08. The van der Waals surface area contributed by atoms with E-state index >= 15 is 0 Å². The van der Waals surface area contributed by atoms with E-state index in [9.17, 15) is 4.79 Å². The lowest BCUT2D eigenvalue weighted by Gasteiger charge is -2.13. The van der Waals surface area contributed by atoms with Crippen LogP contribution in [-0.4, -0.2) is 24.5 Å². The summed E-state index contributed by atoms with van der Waals surface area (Å²) >= 11 is 0. The highest BCUT2D eigenvalue weighted by Crippen LogP contribution is 2.08. The summed E-state index contributed by atoms with van der Waals surface area (Å²) in [7, 11) is 0. The Balaban J connectivity index is 2.08. The van der Waals surface area contributed by atoms with Gasteiger partial charge in [0.2, 0.25) is 5.91 Å². The standard InChI is InChI=1S/C10H18N2O/c1-8(2)12-10(13)7-11-9-5-3-4-6-9/h3-4,8-9,11H,5-7H2,1-2H3,(H,12,13). The summed E-state index contributed by atoms with van der Waals surface area (Å²) in [5.41, 5.74) is 0. The maximum atomic E-state index is 11.2. The molecule has 0 aromatic heterocycles. The summed E-state index contributed by atoms with van der Waals surface area (Å²) in [5, 5.41) is 6.06. The molecule has 0 heterocycles. The first-order chi connectivity index (χ1) is 6.18. The van der Waals surface area contributed by atoms with Gasteiger partial charge in [-0.3, -0.25) is 4.79 Å². The van der Waals surface area contributed by atoms with Gasteiger partial charge in [0.05, 0.1) is 6.54 Å². The van der Waals surface area contributed by atoms with E-state index in [4.69, 9.17) is 0 Å². The predicted molar refractivity (Wildman–Crippen MR) is 53.4 cm³/mol. The molecule has 0 aromatic carbocycles. The van der Waals surface area contributed by atoms with Crippen LogP contribution in [0.3, 0.4) is 0 Å². The highest BCUT2D eigenvalue weighted by Gasteiger charge is 2.11. The van der Waals surface area contributed by atoms with Crippen molar-refractivity contribution in [2.45, 2.75) is 38.8 Å². The molecule has 0 bridgehead atoms. The Bertz CT molecular complexity index is 191. The minimum absolute atomic E-state index is 0.0851. The Hall–Kier alpha value is -0.830. The van der Waals surface area contributed by atoms with Crippen LogP contribution in [0.4, 0.5) is 0 Å². The molecule has 0 spiro atoms. The topological polar surface area (TPSA) is 41.1 Å². The molecule has 1 aliphatic carbocycles. The second kappa shape index (κ2) is 5.02. The van der Waals surface area contributed by atoms with Gasteiger partial charge in [0.25, 0.3) is 0 Å². The summed E-state index contributed by atoms with van der Waals surface area (Å²) in [5.74, 6) is 0.0851. The Kier molecular flexibility index (Phi) is 3.96. The van der Waals surface area contributed by atoms with Gasteiger partial charge in [-0.1, -0.05) is 12.2 Å². The molecule has 0 saturated carbocycles. The molecule has 0 aliphatic heterocycles. The van der Waals surface area contributed by atoms with E-state index in [0.29, 0.717) is 12.6 Å². The number of amides is 1. The zero-order chi connectivity index (χ0) is 9.68. The summed E-state index contributed by atoms with van der Waals surface area (Å²) in [6, 6.07) is 0.703. The van der Waals surface area contributed by atoms with Crippen molar-refractivity contribution in [1.82, 2.24) is 10.6 Å². The molecule has 1 rings (SSSR count). The van der Waals surface area contributed by atoms with E-state index in [1.807, 2.05) is 13.8 Å². The molecule has 74 valence electrons. The van der Waals surface area contributed by atoms with Crippen molar-refractivity contribution in [2.75, 3.05) is 6.54 Å². The van der Waals surface area contributed by atoms with Crippen LogP contribution in [0.25, 0.3) is 0 Å². The first kappa shape index (κ1) is 10.3. The van der Waals surface area contributed by atoms with E-state index in [1.54, 1.807) is 0 Å². The molecule has 13 heavy (non-hydrogen) atoms. The molecular weight excluding hydrogens is 164 g/mol. The number of carbonyl (C=O) groups is 1. The van der Waals surface area contributed by atoms with Gasteiger partial charge in [0, 0.05) is 12.1 Å². The average molecular weight is 182 g/mol. The molecule has 3 heteroatoms. The number of carbonyl (C=O) groups excluding carboxylic acids is 1. The third-order valence-corrected chi connectivity index (χ3v) is 2.01. The molecule has 1 amide bonds. The summed E-state index contributed by atoms with van der Waals surface area (Å²) < 4.78 is 0. The van der Waals surface area contributed by atoms with Crippen LogP contribution in [0.15, 0.2) is 12.2 Å². The van der Waals surface area contributed by atoms with Gasteiger partial charge in [-0.05, 0) is 26.7 Å². The van der Waals surface area contributed by atoms with Gasteiger partial charge in [-0.25, -0.2) is 0 Å². The van der Waals surface area contributed by atoms with Crippen molar-refractivity contribution < 1.29 is 4.79 Å². The lowest BCUT2D eigenvalue weighted by atomic mass is 10.2. The van der Waals surface area contributed by atoms with E-state index in [2.05, 4.69) is 22.8 Å². The van der Waals surface area contributed by atoms with Crippen molar-refractivity contribution in [3.8, 4) is 0 Å². The summed E-state index contributed by atoms with van der Waals surface area (Å²) in [4.78, 5) is 11.2. The fraction of sp³-hybridized carbons (Fsp3) is 0.700. The minimum atomic E-state index is 0.0851. The van der Waals surface area contributed by atoms with Crippen LogP contribution in [0.5, 0.6) is 0 Å². The fourth-order valence-corrected chi connectivity index (χ4v) is 1.39. The van der Waals surface area contributed by atoms with Crippen molar-refractivity contribution in [3.63, 3.8) is 0 Å². The maximum Gasteiger partial charge on any atom is 0.234 e. The van der Waals surface area contributed by atoms with Crippen LogP contribution in [0.1, 0.15) is 26.7 Å². The first-order valence-electron chi connectivity index (χ1n) is 4.86. The molecule has 3 nitrogen and oxygen atoms in total. The van der Waals surface area contributed by atoms with Crippen LogP contribution >= 0.6 is 0 Å². The second-order valence-corrected chi connectivity index (χ2v) is 3.74. The molecule has 0 atom stereocenters. The van der Waals surface area contributed by atoms with Crippen LogP contribution in [-0.2, 0) is 4.79 Å². The smallest absolute Gasteiger partial charge is 0.234 e. The van der Waals surface area contributed by atoms with Gasteiger partial charge in [-0.2, -0.15) is 0 Å². The number of hydrogen-bond acceptors (Lipinski definition) is 2. The fourth-order valence-electron chi connectivity index (χ4n) is 1.39. The quantitative estimate of drug-likeness (QED) is 0.632. The zero-order valence-corrected chi connectivity index (χ0v) is 8.34. The monoisotopic (exact) mass is 182 g/mol. The lowest BCUT2D eigenvalue weighted by molar-refractivity contribution is -0.120. The normalized spacial score (nSPS) is 16.8. The van der Waals surface area contributed by atoms with Crippen molar-refractivity contribution in [2.24, 2.45) is 0 Å². The van der Waals surface area contributed by atoms with Crippen molar-refractivity contribution in [1.29, 1.82) is 0 Å². The minimum Gasteiger partial charge on any atom is -0.353 e. The Morgan fingerprint density at radius 2 is 2.08 bits per heavy atom. The largest absolute Gasteiger partial charge is 0.353 e. The predicted octanol–water partition coefficient (Wildman–Crippen LogP) is 0.819. The van der Waals surface area contributed by atoms with Crippen molar-refractivity contribution in [3.05, 3.63) is 12.2 Å². The van der Waals surface area contributed by atoms with Gasteiger partial charge in [-0.15, -0.1) is 0 Å². The number of nitrogens with one attached hydrogen (secondary N) is 2. The second-order valence-electron chi connectivity index (χ2n) is 3.74. The molecule has 0 fully saturated rings. The van der Waals surface area contributed by atoms with E-state index in [1.165, 1.54) is 0 Å². The molecule has 2 N–H and O–H groups in total. The third-order valence-electron chi connectivity index (χ3n) is 2.01. The van der Waals surface area contributed by atoms with E-state index < -0.39 is 0 Å². The SMILES string of the molecule is CC(C)NC(=O)CNC1CC=CC1. The molecule has 0 aromatic rings. The van der Waals surface area contributed by atoms with Crippen LogP contribution < -0.4 is 10.6 Å². The lowest BCUT2D eigenvalue weighted by Crippen LogP contribution is -2.40. The zero-order valence-electron chi connectivity index (χ0n) is 8.34. The highest BCUT2D eigenvalue weighted by atomic mass is 16.1. The Morgan fingerprint density at radius 3 is 2.62 bits per heavy atom. The Morgan fingerprint density at radius 1 is 1.46 bits per heavy atom. The molecule has 1 aliphatic rings. The number of hydrogen-bond donors (Lipinski definition) is 2. The molecule has 0 saturated heterocycles. The first-order valence-corrected chi connectivity index (χ1v) is 4.86. The van der Waals surface area contributed by atoms with Crippen LogP contribution in [0, 0.1) is 0 Å². The molecule has 0 unspecified atom stereocenters. The highest BCUT2D eigenvalue weighted by molar-refractivity contribution is 5.78.